The zero-order chi connectivity index (χ0) is 22.1. The highest BCUT2D eigenvalue weighted by Gasteiger charge is 2.14. The Kier molecular flexibility index (Phi) is 6.34. The Morgan fingerprint density at radius 2 is 1.90 bits per heavy atom. The standard InChI is InChI=1S/C19H20F2N4O3S2/c1-12-7-16(13-3-5-15(6-4-13)30(2,27)28)29-17(12)10-24-11-23-25(19(24)26)9-14(8-22)18(20)21/h3-7,11H,8-10,22H2,1-2H3. The lowest BCUT2D eigenvalue weighted by molar-refractivity contribution is 0.400. The topological polar surface area (TPSA) is 100.0 Å². The van der Waals surface area contributed by atoms with Gasteiger partial charge in [-0.3, -0.25) is 4.57 Å². The number of nitrogens with two attached hydrogens (primary N) is 1. The fraction of sp³-hybridized carbons (Fsp3) is 0.263. The van der Waals surface area contributed by atoms with Gasteiger partial charge in [-0.1, -0.05) is 12.1 Å². The Hall–Kier alpha value is -2.63. The van der Waals surface area contributed by atoms with Crippen LogP contribution in [-0.4, -0.2) is 35.6 Å². The molecule has 1 aromatic carbocycles. The zero-order valence-electron chi connectivity index (χ0n) is 16.3. The molecule has 0 unspecified atom stereocenters. The second kappa shape index (κ2) is 8.62. The fourth-order valence-electron chi connectivity index (χ4n) is 2.81. The molecule has 0 aliphatic carbocycles. The third-order valence-corrected chi connectivity index (χ3v) is 6.95. The van der Waals surface area contributed by atoms with Crippen LogP contribution in [0.4, 0.5) is 8.78 Å². The monoisotopic (exact) mass is 454 g/mol. The molecule has 0 saturated carbocycles. The van der Waals surface area contributed by atoms with E-state index in [2.05, 4.69) is 5.10 Å². The smallest absolute Gasteiger partial charge is 0.327 e. The first-order chi connectivity index (χ1) is 14.1. The summed E-state index contributed by atoms with van der Waals surface area (Å²) in [5.74, 6) is 0. The van der Waals surface area contributed by atoms with Crippen molar-refractivity contribution in [3.05, 3.63) is 69.2 Å². The number of aromatic nitrogens is 3. The Morgan fingerprint density at radius 3 is 2.47 bits per heavy atom. The predicted octanol–water partition coefficient (Wildman–Crippen LogP) is 2.64. The van der Waals surface area contributed by atoms with Gasteiger partial charge in [-0.15, -0.1) is 11.3 Å². The third-order valence-electron chi connectivity index (χ3n) is 4.55. The summed E-state index contributed by atoms with van der Waals surface area (Å²) in [5.41, 5.74) is 6.27. The molecule has 3 aromatic rings. The molecule has 3 rings (SSSR count). The van der Waals surface area contributed by atoms with Crippen LogP contribution in [0.3, 0.4) is 0 Å². The summed E-state index contributed by atoms with van der Waals surface area (Å²) in [7, 11) is -3.27. The number of sulfone groups is 1. The highest BCUT2D eigenvalue weighted by Crippen LogP contribution is 2.32. The molecule has 2 aromatic heterocycles. The molecule has 0 amide bonds. The Bertz CT molecular complexity index is 1250. The Morgan fingerprint density at radius 1 is 1.23 bits per heavy atom. The maximum atomic E-state index is 12.8. The number of hydrogen-bond donors (Lipinski definition) is 1. The minimum atomic E-state index is -3.27. The average molecular weight is 455 g/mol. The summed E-state index contributed by atoms with van der Waals surface area (Å²) >= 11 is 1.47. The number of rotatable bonds is 7. The largest absolute Gasteiger partial charge is 0.346 e. The van der Waals surface area contributed by atoms with Crippen LogP contribution in [0.25, 0.3) is 10.4 Å². The minimum absolute atomic E-state index is 0.245. The van der Waals surface area contributed by atoms with E-state index in [0.717, 1.165) is 31.8 Å². The van der Waals surface area contributed by atoms with Gasteiger partial charge < -0.3 is 5.73 Å². The van der Waals surface area contributed by atoms with Gasteiger partial charge in [0, 0.05) is 28.1 Å². The molecule has 0 bridgehead atoms. The highest BCUT2D eigenvalue weighted by atomic mass is 32.2. The second-order valence-corrected chi connectivity index (χ2v) is 9.93. The first kappa shape index (κ1) is 22.1. The summed E-state index contributed by atoms with van der Waals surface area (Å²) in [4.78, 5) is 14.5. The Balaban J connectivity index is 1.84. The van der Waals surface area contributed by atoms with Crippen molar-refractivity contribution in [2.45, 2.75) is 24.9 Å². The van der Waals surface area contributed by atoms with Gasteiger partial charge in [0.05, 0.1) is 18.0 Å². The number of aryl methyl sites for hydroxylation is 1. The van der Waals surface area contributed by atoms with Crippen LogP contribution in [0, 0.1) is 6.92 Å². The van der Waals surface area contributed by atoms with Gasteiger partial charge >= 0.3 is 5.69 Å². The molecule has 0 saturated heterocycles. The lowest BCUT2D eigenvalue weighted by Crippen LogP contribution is -2.27. The van der Waals surface area contributed by atoms with Crippen molar-refractivity contribution in [1.82, 2.24) is 14.3 Å². The summed E-state index contributed by atoms with van der Waals surface area (Å²) in [6, 6.07) is 8.54. The highest BCUT2D eigenvalue weighted by molar-refractivity contribution is 7.90. The summed E-state index contributed by atoms with van der Waals surface area (Å²) < 4.78 is 51.1. The molecular weight excluding hydrogens is 434 g/mol. The summed E-state index contributed by atoms with van der Waals surface area (Å²) in [6.07, 6.45) is 0.563. The van der Waals surface area contributed by atoms with Crippen molar-refractivity contribution >= 4 is 21.2 Å². The lowest BCUT2D eigenvalue weighted by atomic mass is 10.1. The number of hydrogen-bond acceptors (Lipinski definition) is 6. The van der Waals surface area contributed by atoms with Crippen LogP contribution in [0.2, 0.25) is 0 Å². The number of benzene rings is 1. The van der Waals surface area contributed by atoms with Gasteiger partial charge in [0.25, 0.3) is 6.08 Å². The van der Waals surface area contributed by atoms with Crippen LogP contribution in [-0.2, 0) is 22.9 Å². The fourth-order valence-corrected chi connectivity index (χ4v) is 4.62. The molecule has 0 aliphatic heterocycles. The van der Waals surface area contributed by atoms with E-state index in [9.17, 15) is 22.0 Å². The predicted molar refractivity (Wildman–Crippen MR) is 111 cm³/mol. The quantitative estimate of drug-likeness (QED) is 0.592. The molecule has 0 atom stereocenters. The third kappa shape index (κ3) is 4.74. The summed E-state index contributed by atoms with van der Waals surface area (Å²) in [5, 5.41) is 3.90. The number of nitrogens with zero attached hydrogens (tertiary/aromatic N) is 3. The van der Waals surface area contributed by atoms with Crippen molar-refractivity contribution in [3.63, 3.8) is 0 Å². The molecule has 11 heteroatoms. The molecule has 2 heterocycles. The normalized spacial score (nSPS) is 11.6. The molecule has 0 spiro atoms. The van der Waals surface area contributed by atoms with Gasteiger partial charge in [-0.2, -0.15) is 13.9 Å². The lowest BCUT2D eigenvalue weighted by Gasteiger charge is -2.03. The molecule has 0 fully saturated rings. The van der Waals surface area contributed by atoms with E-state index < -0.39 is 21.6 Å². The first-order valence-electron chi connectivity index (χ1n) is 8.85. The van der Waals surface area contributed by atoms with E-state index in [4.69, 9.17) is 5.73 Å². The maximum Gasteiger partial charge on any atom is 0.346 e. The van der Waals surface area contributed by atoms with Crippen LogP contribution in [0.1, 0.15) is 10.4 Å². The van der Waals surface area contributed by atoms with E-state index in [1.807, 2.05) is 13.0 Å². The van der Waals surface area contributed by atoms with E-state index in [-0.39, 0.29) is 30.1 Å². The van der Waals surface area contributed by atoms with Crippen molar-refractivity contribution < 1.29 is 17.2 Å². The molecule has 0 radical (unpaired) electrons. The first-order valence-corrected chi connectivity index (χ1v) is 11.6. The number of thiophene rings is 1. The van der Waals surface area contributed by atoms with Gasteiger partial charge in [0.2, 0.25) is 0 Å². The van der Waals surface area contributed by atoms with Crippen molar-refractivity contribution in [1.29, 1.82) is 0 Å². The van der Waals surface area contributed by atoms with Gasteiger partial charge in [-0.25, -0.2) is 17.9 Å². The van der Waals surface area contributed by atoms with E-state index in [0.29, 0.717) is 0 Å². The molecule has 160 valence electrons. The van der Waals surface area contributed by atoms with Crippen LogP contribution < -0.4 is 11.4 Å². The minimum Gasteiger partial charge on any atom is -0.327 e. The van der Waals surface area contributed by atoms with Crippen LogP contribution >= 0.6 is 11.3 Å². The van der Waals surface area contributed by atoms with Gasteiger partial charge in [0.15, 0.2) is 9.84 Å². The Labute approximate surface area is 176 Å². The van der Waals surface area contributed by atoms with E-state index >= 15 is 0 Å². The van der Waals surface area contributed by atoms with E-state index in [1.165, 1.54) is 22.2 Å². The molecule has 2 N–H and O–H groups in total. The molecule has 7 nitrogen and oxygen atoms in total. The van der Waals surface area contributed by atoms with Crippen molar-refractivity contribution in [3.8, 4) is 10.4 Å². The maximum absolute atomic E-state index is 12.8. The number of halogens is 2. The SMILES string of the molecule is Cc1cc(-c2ccc(S(C)(=O)=O)cc2)sc1Cn1cnn(CC(CN)=C(F)F)c1=O. The van der Waals surface area contributed by atoms with E-state index in [1.54, 1.807) is 24.3 Å². The van der Waals surface area contributed by atoms with Crippen molar-refractivity contribution in [2.75, 3.05) is 12.8 Å². The summed E-state index contributed by atoms with van der Waals surface area (Å²) in [6.45, 7) is 1.44. The molecule has 30 heavy (non-hydrogen) atoms. The average Bonchev–Trinajstić information content (AvgIpc) is 3.22. The second-order valence-electron chi connectivity index (χ2n) is 6.78. The van der Waals surface area contributed by atoms with Crippen LogP contribution in [0.5, 0.6) is 0 Å². The van der Waals surface area contributed by atoms with Crippen LogP contribution in [0.15, 0.2) is 58.0 Å². The van der Waals surface area contributed by atoms with Gasteiger partial charge in [0.1, 0.15) is 6.33 Å². The molecular formula is C19H20F2N4O3S2. The van der Waals surface area contributed by atoms with Crippen molar-refractivity contribution in [2.24, 2.45) is 5.73 Å². The van der Waals surface area contributed by atoms with Gasteiger partial charge in [-0.05, 0) is 36.2 Å². The zero-order valence-corrected chi connectivity index (χ0v) is 17.9. The molecule has 0 aliphatic rings.